The van der Waals surface area contributed by atoms with Gasteiger partial charge in [-0.15, -0.1) is 0 Å². The van der Waals surface area contributed by atoms with Crippen molar-refractivity contribution in [3.63, 3.8) is 0 Å². The molecule has 2 aromatic rings. The van der Waals surface area contributed by atoms with Crippen LogP contribution in [0.1, 0.15) is 15.9 Å². The molecule has 0 heterocycles. The van der Waals surface area contributed by atoms with Crippen molar-refractivity contribution in [2.24, 2.45) is 0 Å². The Morgan fingerprint density at radius 3 is 2.43 bits per heavy atom. The molecule has 0 spiro atoms. The Kier molecular flexibility index (Phi) is 4.70. The van der Waals surface area contributed by atoms with E-state index in [1.165, 1.54) is 0 Å². The molecule has 0 bridgehead atoms. The molecule has 2 N–H and O–H groups in total. The summed E-state index contributed by atoms with van der Waals surface area (Å²) in [6.45, 7) is 0. The van der Waals surface area contributed by atoms with Gasteiger partial charge in [0.2, 0.25) is 5.91 Å². The summed E-state index contributed by atoms with van der Waals surface area (Å²) in [5, 5.41) is 11.2. The first-order chi connectivity index (χ1) is 9.95. The van der Waals surface area contributed by atoms with Gasteiger partial charge in [0.15, 0.2) is 0 Å². The number of aromatic carboxylic acids is 1. The second-order valence-electron chi connectivity index (χ2n) is 4.35. The average molecular weight is 352 g/mol. The summed E-state index contributed by atoms with van der Waals surface area (Å²) in [6.07, 6.45) is 0.0734. The number of halogens is 2. The van der Waals surface area contributed by atoms with Crippen molar-refractivity contribution in [2.75, 3.05) is 5.32 Å². The largest absolute Gasteiger partial charge is 0.478 e. The van der Waals surface area contributed by atoms with Crippen LogP contribution in [0.15, 0.2) is 46.9 Å². The standard InChI is InChI=1S/C15H11BrFNO3/c16-11-4-1-9(2-5-11)7-14(19)18-13-8-10(15(20)21)3-6-12(13)17/h1-6,8H,7H2,(H,18,19)(H,20,21). The molecule has 2 aromatic carbocycles. The van der Waals surface area contributed by atoms with Crippen LogP contribution >= 0.6 is 15.9 Å². The second kappa shape index (κ2) is 6.49. The van der Waals surface area contributed by atoms with E-state index in [2.05, 4.69) is 21.2 Å². The highest BCUT2D eigenvalue weighted by atomic mass is 79.9. The van der Waals surface area contributed by atoms with Crippen molar-refractivity contribution in [1.29, 1.82) is 0 Å². The predicted octanol–water partition coefficient (Wildman–Crippen LogP) is 3.47. The minimum atomic E-state index is -1.18. The van der Waals surface area contributed by atoms with E-state index in [0.717, 1.165) is 28.2 Å². The lowest BCUT2D eigenvalue weighted by molar-refractivity contribution is -0.115. The molecule has 0 saturated heterocycles. The average Bonchev–Trinajstić information content (AvgIpc) is 2.43. The number of benzene rings is 2. The highest BCUT2D eigenvalue weighted by molar-refractivity contribution is 9.10. The van der Waals surface area contributed by atoms with Crippen LogP contribution in [0.2, 0.25) is 0 Å². The van der Waals surface area contributed by atoms with E-state index in [1.807, 2.05) is 0 Å². The Bertz CT molecular complexity index is 686. The van der Waals surface area contributed by atoms with Crippen LogP contribution in [0.4, 0.5) is 10.1 Å². The minimum Gasteiger partial charge on any atom is -0.478 e. The fraction of sp³-hybridized carbons (Fsp3) is 0.0667. The first kappa shape index (κ1) is 15.2. The number of rotatable bonds is 4. The molecular weight excluding hydrogens is 341 g/mol. The molecule has 0 unspecified atom stereocenters. The monoisotopic (exact) mass is 351 g/mol. The van der Waals surface area contributed by atoms with Crippen molar-refractivity contribution < 1.29 is 19.1 Å². The summed E-state index contributed by atoms with van der Waals surface area (Å²) in [6, 6.07) is 10.4. The van der Waals surface area contributed by atoms with E-state index < -0.39 is 17.7 Å². The summed E-state index contributed by atoms with van der Waals surface area (Å²) in [4.78, 5) is 22.7. The van der Waals surface area contributed by atoms with E-state index in [4.69, 9.17) is 5.11 Å². The van der Waals surface area contributed by atoms with Crippen LogP contribution in [-0.4, -0.2) is 17.0 Å². The van der Waals surface area contributed by atoms with Crippen LogP contribution in [-0.2, 0) is 11.2 Å². The fourth-order valence-corrected chi connectivity index (χ4v) is 2.00. The number of carboxylic acids is 1. The Morgan fingerprint density at radius 2 is 1.81 bits per heavy atom. The van der Waals surface area contributed by atoms with Gasteiger partial charge >= 0.3 is 5.97 Å². The third-order valence-corrected chi connectivity index (χ3v) is 3.29. The summed E-state index contributed by atoms with van der Waals surface area (Å²) in [7, 11) is 0. The van der Waals surface area contributed by atoms with Gasteiger partial charge in [-0.2, -0.15) is 0 Å². The van der Waals surface area contributed by atoms with Crippen LogP contribution < -0.4 is 5.32 Å². The summed E-state index contributed by atoms with van der Waals surface area (Å²) >= 11 is 3.29. The van der Waals surface area contributed by atoms with E-state index in [9.17, 15) is 14.0 Å². The molecular formula is C15H11BrFNO3. The van der Waals surface area contributed by atoms with Crippen molar-refractivity contribution in [3.05, 3.63) is 63.9 Å². The van der Waals surface area contributed by atoms with Gasteiger partial charge in [0, 0.05) is 4.47 Å². The summed E-state index contributed by atoms with van der Waals surface area (Å²) < 4.78 is 14.5. The van der Waals surface area contributed by atoms with Gasteiger partial charge in [-0.1, -0.05) is 28.1 Å². The SMILES string of the molecule is O=C(Cc1ccc(Br)cc1)Nc1cc(C(=O)O)ccc1F. The zero-order valence-corrected chi connectivity index (χ0v) is 12.4. The smallest absolute Gasteiger partial charge is 0.335 e. The van der Waals surface area contributed by atoms with Gasteiger partial charge in [-0.3, -0.25) is 4.79 Å². The molecule has 4 nitrogen and oxygen atoms in total. The number of carbonyl (C=O) groups excluding carboxylic acids is 1. The van der Waals surface area contributed by atoms with Crippen molar-refractivity contribution in [3.8, 4) is 0 Å². The summed E-state index contributed by atoms with van der Waals surface area (Å²) in [5.74, 6) is -2.28. The normalized spacial score (nSPS) is 10.2. The number of hydrogen-bond donors (Lipinski definition) is 2. The predicted molar refractivity (Wildman–Crippen MR) is 79.8 cm³/mol. The molecule has 1 amide bonds. The lowest BCUT2D eigenvalue weighted by atomic mass is 10.1. The number of hydrogen-bond acceptors (Lipinski definition) is 2. The molecule has 0 aromatic heterocycles. The van der Waals surface area contributed by atoms with Gasteiger partial charge in [0.1, 0.15) is 5.82 Å². The number of amides is 1. The Balaban J connectivity index is 2.10. The maximum atomic E-state index is 13.6. The molecule has 0 saturated carbocycles. The molecule has 0 aliphatic carbocycles. The van der Waals surface area contributed by atoms with E-state index in [1.54, 1.807) is 24.3 Å². The van der Waals surface area contributed by atoms with Gasteiger partial charge in [-0.25, -0.2) is 9.18 Å². The molecule has 21 heavy (non-hydrogen) atoms. The van der Waals surface area contributed by atoms with Gasteiger partial charge in [0.25, 0.3) is 0 Å². The van der Waals surface area contributed by atoms with Crippen molar-refractivity contribution >= 4 is 33.5 Å². The molecule has 0 fully saturated rings. The maximum Gasteiger partial charge on any atom is 0.335 e. The Labute approximate surface area is 128 Å². The van der Waals surface area contributed by atoms with Crippen LogP contribution in [0.3, 0.4) is 0 Å². The molecule has 0 aliphatic heterocycles. The molecule has 108 valence electrons. The number of carboxylic acid groups (broad SMARTS) is 1. The zero-order valence-electron chi connectivity index (χ0n) is 10.8. The highest BCUT2D eigenvalue weighted by Gasteiger charge is 2.11. The van der Waals surface area contributed by atoms with Gasteiger partial charge < -0.3 is 10.4 Å². The third kappa shape index (κ3) is 4.13. The molecule has 0 atom stereocenters. The first-order valence-corrected chi connectivity index (χ1v) is 6.82. The zero-order chi connectivity index (χ0) is 15.4. The van der Waals surface area contributed by atoms with Crippen LogP contribution in [0, 0.1) is 5.82 Å². The fourth-order valence-electron chi connectivity index (χ4n) is 1.74. The minimum absolute atomic E-state index is 0.0734. The lowest BCUT2D eigenvalue weighted by Crippen LogP contribution is -2.16. The molecule has 2 rings (SSSR count). The van der Waals surface area contributed by atoms with Crippen LogP contribution in [0.25, 0.3) is 0 Å². The quantitative estimate of drug-likeness (QED) is 0.886. The van der Waals surface area contributed by atoms with Gasteiger partial charge in [-0.05, 0) is 35.9 Å². The number of anilines is 1. The van der Waals surface area contributed by atoms with E-state index >= 15 is 0 Å². The first-order valence-electron chi connectivity index (χ1n) is 6.03. The van der Waals surface area contributed by atoms with Crippen LogP contribution in [0.5, 0.6) is 0 Å². The topological polar surface area (TPSA) is 66.4 Å². The van der Waals surface area contributed by atoms with Crippen molar-refractivity contribution in [1.82, 2.24) is 0 Å². The Hall–Kier alpha value is -2.21. The maximum absolute atomic E-state index is 13.6. The third-order valence-electron chi connectivity index (χ3n) is 2.77. The molecule has 0 aliphatic rings. The molecule has 0 radical (unpaired) electrons. The number of carbonyl (C=O) groups is 2. The summed E-state index contributed by atoms with van der Waals surface area (Å²) in [5.41, 5.74) is 0.540. The highest BCUT2D eigenvalue weighted by Crippen LogP contribution is 2.17. The van der Waals surface area contributed by atoms with E-state index in [0.29, 0.717) is 0 Å². The van der Waals surface area contributed by atoms with E-state index in [-0.39, 0.29) is 17.7 Å². The van der Waals surface area contributed by atoms with Gasteiger partial charge in [0.05, 0.1) is 17.7 Å². The number of nitrogens with one attached hydrogen (secondary N) is 1. The lowest BCUT2D eigenvalue weighted by Gasteiger charge is -2.07. The second-order valence-corrected chi connectivity index (χ2v) is 5.27. The Morgan fingerprint density at radius 1 is 1.14 bits per heavy atom. The van der Waals surface area contributed by atoms with Crippen molar-refractivity contribution in [2.45, 2.75) is 6.42 Å². The molecule has 6 heteroatoms.